The molecule has 0 aliphatic carbocycles. The number of carbonyl (C=O) groups is 1. The number of methoxy groups -OCH3 is 1. The maximum atomic E-state index is 11.8. The lowest BCUT2D eigenvalue weighted by atomic mass is 10.2. The van der Waals surface area contributed by atoms with E-state index in [1.807, 2.05) is 0 Å². The standard InChI is InChI=1S/C13H17NO3/c1-16-11-6-4-10(5-7-11)13(15)14-9-12-3-2-8-17-12/h4-7,12H,2-3,8-9H2,1H3,(H,14,15)/t12-/m0/s1. The molecule has 1 aromatic carbocycles. The second-order valence-electron chi connectivity index (χ2n) is 4.07. The number of carbonyl (C=O) groups excluding carboxylic acids is 1. The van der Waals surface area contributed by atoms with Gasteiger partial charge in [0.2, 0.25) is 0 Å². The van der Waals surface area contributed by atoms with Crippen LogP contribution in [0.25, 0.3) is 0 Å². The van der Waals surface area contributed by atoms with Crippen LogP contribution in [-0.4, -0.2) is 32.3 Å². The molecule has 1 heterocycles. The first kappa shape index (κ1) is 11.9. The summed E-state index contributed by atoms with van der Waals surface area (Å²) in [5, 5.41) is 2.87. The summed E-state index contributed by atoms with van der Waals surface area (Å²) in [5.74, 6) is 0.684. The van der Waals surface area contributed by atoms with E-state index in [1.165, 1.54) is 0 Å². The number of rotatable bonds is 4. The van der Waals surface area contributed by atoms with Gasteiger partial charge in [0, 0.05) is 18.7 Å². The molecule has 0 radical (unpaired) electrons. The Morgan fingerprint density at radius 2 is 2.24 bits per heavy atom. The molecule has 0 saturated carbocycles. The molecule has 1 N–H and O–H groups in total. The molecule has 2 rings (SSSR count). The van der Waals surface area contributed by atoms with Crippen molar-refractivity contribution >= 4 is 5.91 Å². The normalized spacial score (nSPS) is 19.0. The Morgan fingerprint density at radius 1 is 1.47 bits per heavy atom. The molecule has 1 fully saturated rings. The summed E-state index contributed by atoms with van der Waals surface area (Å²) >= 11 is 0. The van der Waals surface area contributed by atoms with Crippen molar-refractivity contribution in [3.8, 4) is 5.75 Å². The fourth-order valence-electron chi connectivity index (χ4n) is 1.86. The van der Waals surface area contributed by atoms with Crippen molar-refractivity contribution < 1.29 is 14.3 Å². The van der Waals surface area contributed by atoms with Crippen molar-refractivity contribution in [3.63, 3.8) is 0 Å². The Morgan fingerprint density at radius 3 is 2.82 bits per heavy atom. The molecule has 0 unspecified atom stereocenters. The first-order valence-electron chi connectivity index (χ1n) is 5.83. The molecule has 92 valence electrons. The molecule has 4 heteroatoms. The molecule has 0 aromatic heterocycles. The minimum atomic E-state index is -0.0665. The van der Waals surface area contributed by atoms with Crippen molar-refractivity contribution in [2.75, 3.05) is 20.3 Å². The highest BCUT2D eigenvalue weighted by molar-refractivity contribution is 5.94. The minimum Gasteiger partial charge on any atom is -0.497 e. The highest BCUT2D eigenvalue weighted by atomic mass is 16.5. The van der Waals surface area contributed by atoms with E-state index in [4.69, 9.17) is 9.47 Å². The fraction of sp³-hybridized carbons (Fsp3) is 0.462. The first-order chi connectivity index (χ1) is 8.29. The largest absolute Gasteiger partial charge is 0.497 e. The molecule has 1 aliphatic heterocycles. The van der Waals surface area contributed by atoms with Crippen LogP contribution in [0.5, 0.6) is 5.75 Å². The molecule has 1 aromatic rings. The maximum absolute atomic E-state index is 11.8. The number of benzene rings is 1. The molecule has 0 spiro atoms. The minimum absolute atomic E-state index is 0.0665. The van der Waals surface area contributed by atoms with Crippen LogP contribution in [0.1, 0.15) is 23.2 Å². The summed E-state index contributed by atoms with van der Waals surface area (Å²) in [6.45, 7) is 1.40. The van der Waals surface area contributed by atoms with E-state index < -0.39 is 0 Å². The van der Waals surface area contributed by atoms with Crippen molar-refractivity contribution in [2.45, 2.75) is 18.9 Å². The third kappa shape index (κ3) is 3.20. The predicted octanol–water partition coefficient (Wildman–Crippen LogP) is 1.60. The van der Waals surface area contributed by atoms with Crippen LogP contribution < -0.4 is 10.1 Å². The van der Waals surface area contributed by atoms with Crippen LogP contribution in [0.15, 0.2) is 24.3 Å². The average molecular weight is 235 g/mol. The van der Waals surface area contributed by atoms with Crippen LogP contribution in [0.3, 0.4) is 0 Å². The summed E-state index contributed by atoms with van der Waals surface area (Å²) in [6.07, 6.45) is 2.29. The number of hydrogen-bond acceptors (Lipinski definition) is 3. The van der Waals surface area contributed by atoms with Gasteiger partial charge in [0.15, 0.2) is 0 Å². The van der Waals surface area contributed by atoms with Gasteiger partial charge in [-0.25, -0.2) is 0 Å². The highest BCUT2D eigenvalue weighted by Crippen LogP contribution is 2.12. The molecule has 1 saturated heterocycles. The Bertz CT molecular complexity index is 369. The number of ether oxygens (including phenoxy) is 2. The second-order valence-corrected chi connectivity index (χ2v) is 4.07. The van der Waals surface area contributed by atoms with Gasteiger partial charge < -0.3 is 14.8 Å². The van der Waals surface area contributed by atoms with Gasteiger partial charge in [0.05, 0.1) is 13.2 Å². The van der Waals surface area contributed by atoms with Gasteiger partial charge in [-0.3, -0.25) is 4.79 Å². The average Bonchev–Trinajstić information content (AvgIpc) is 2.89. The van der Waals surface area contributed by atoms with Crippen LogP contribution in [0.4, 0.5) is 0 Å². The van der Waals surface area contributed by atoms with E-state index in [-0.39, 0.29) is 12.0 Å². The molecule has 17 heavy (non-hydrogen) atoms. The third-order valence-corrected chi connectivity index (χ3v) is 2.87. The number of amides is 1. The van der Waals surface area contributed by atoms with Gasteiger partial charge in [0.25, 0.3) is 5.91 Å². The van der Waals surface area contributed by atoms with Gasteiger partial charge >= 0.3 is 0 Å². The zero-order valence-electron chi connectivity index (χ0n) is 9.94. The summed E-state index contributed by atoms with van der Waals surface area (Å²) < 4.78 is 10.5. The van der Waals surface area contributed by atoms with Crippen molar-refractivity contribution in [3.05, 3.63) is 29.8 Å². The Kier molecular flexibility index (Phi) is 3.98. The van der Waals surface area contributed by atoms with Crippen LogP contribution in [0, 0.1) is 0 Å². The SMILES string of the molecule is COc1ccc(C(=O)NC[C@@H]2CCCO2)cc1. The van der Waals surface area contributed by atoms with Gasteiger partial charge in [-0.2, -0.15) is 0 Å². The van der Waals surface area contributed by atoms with E-state index in [2.05, 4.69) is 5.32 Å². The molecule has 1 amide bonds. The summed E-state index contributed by atoms with van der Waals surface area (Å²) in [4.78, 5) is 11.8. The maximum Gasteiger partial charge on any atom is 0.251 e. The lowest BCUT2D eigenvalue weighted by Gasteiger charge is -2.10. The highest BCUT2D eigenvalue weighted by Gasteiger charge is 2.16. The zero-order valence-corrected chi connectivity index (χ0v) is 9.94. The zero-order chi connectivity index (χ0) is 12.1. The van der Waals surface area contributed by atoms with Crippen molar-refractivity contribution in [1.82, 2.24) is 5.32 Å². The quantitative estimate of drug-likeness (QED) is 0.862. The second kappa shape index (κ2) is 5.68. The number of nitrogens with one attached hydrogen (secondary N) is 1. The van der Waals surface area contributed by atoms with E-state index >= 15 is 0 Å². The van der Waals surface area contributed by atoms with Gasteiger partial charge in [-0.15, -0.1) is 0 Å². The van der Waals surface area contributed by atoms with Crippen LogP contribution in [-0.2, 0) is 4.74 Å². The fourth-order valence-corrected chi connectivity index (χ4v) is 1.86. The topological polar surface area (TPSA) is 47.6 Å². The van der Waals surface area contributed by atoms with Gasteiger partial charge in [-0.05, 0) is 37.1 Å². The van der Waals surface area contributed by atoms with Crippen molar-refractivity contribution in [1.29, 1.82) is 0 Å². The lowest BCUT2D eigenvalue weighted by Crippen LogP contribution is -2.31. The van der Waals surface area contributed by atoms with E-state index in [1.54, 1.807) is 31.4 Å². The lowest BCUT2D eigenvalue weighted by molar-refractivity contribution is 0.0858. The molecule has 4 nitrogen and oxygen atoms in total. The molecule has 1 aliphatic rings. The van der Waals surface area contributed by atoms with Crippen LogP contribution in [0.2, 0.25) is 0 Å². The summed E-state index contributed by atoms with van der Waals surface area (Å²) in [5.41, 5.74) is 0.642. The Balaban J connectivity index is 1.85. The molecular weight excluding hydrogens is 218 g/mol. The first-order valence-corrected chi connectivity index (χ1v) is 5.83. The van der Waals surface area contributed by atoms with Gasteiger partial charge in [0.1, 0.15) is 5.75 Å². The number of hydrogen-bond donors (Lipinski definition) is 1. The van der Waals surface area contributed by atoms with E-state index in [0.717, 1.165) is 25.2 Å². The smallest absolute Gasteiger partial charge is 0.251 e. The predicted molar refractivity (Wildman–Crippen MR) is 64.3 cm³/mol. The summed E-state index contributed by atoms with van der Waals surface area (Å²) in [7, 11) is 1.60. The third-order valence-electron chi connectivity index (χ3n) is 2.87. The van der Waals surface area contributed by atoms with Crippen LogP contribution >= 0.6 is 0 Å². The monoisotopic (exact) mass is 235 g/mol. The summed E-state index contributed by atoms with van der Waals surface area (Å²) in [6, 6.07) is 7.06. The Hall–Kier alpha value is -1.55. The van der Waals surface area contributed by atoms with Crippen molar-refractivity contribution in [2.24, 2.45) is 0 Å². The molecular formula is C13H17NO3. The van der Waals surface area contributed by atoms with E-state index in [0.29, 0.717) is 12.1 Å². The Labute approximate surface area is 101 Å². The van der Waals surface area contributed by atoms with E-state index in [9.17, 15) is 4.79 Å². The molecule has 0 bridgehead atoms. The van der Waals surface area contributed by atoms with Gasteiger partial charge in [-0.1, -0.05) is 0 Å². The molecule has 1 atom stereocenters.